The highest BCUT2D eigenvalue weighted by Gasteiger charge is 2.29. The Kier molecular flexibility index (Phi) is 8.55. The van der Waals surface area contributed by atoms with E-state index >= 15 is 0 Å². The maximum atomic E-state index is 11.7. The minimum Gasteiger partial charge on any atom is -0.357 e. The Morgan fingerprint density at radius 1 is 1.00 bits per heavy atom. The zero-order valence-corrected chi connectivity index (χ0v) is 18.9. The maximum absolute atomic E-state index is 11.7. The van der Waals surface area contributed by atoms with Crippen molar-refractivity contribution < 1.29 is 4.79 Å². The summed E-state index contributed by atoms with van der Waals surface area (Å²) in [6.07, 6.45) is 3.43. The van der Waals surface area contributed by atoms with Crippen molar-refractivity contribution in [3.05, 3.63) is 35.4 Å². The molecule has 0 bridgehead atoms. The summed E-state index contributed by atoms with van der Waals surface area (Å²) in [7, 11) is 0. The summed E-state index contributed by atoms with van der Waals surface area (Å²) in [5.74, 6) is 2.82. The first-order valence-corrected chi connectivity index (χ1v) is 11.6. The Bertz CT molecular complexity index is 688. The summed E-state index contributed by atoms with van der Waals surface area (Å²) in [5, 5.41) is 9.54. The fourth-order valence-corrected chi connectivity index (χ4v) is 4.30. The third kappa shape index (κ3) is 7.63. The zero-order chi connectivity index (χ0) is 21.3. The van der Waals surface area contributed by atoms with Crippen LogP contribution in [0.5, 0.6) is 0 Å². The molecule has 1 heterocycles. The third-order valence-electron chi connectivity index (χ3n) is 5.80. The molecular weight excluding hydrogens is 374 g/mol. The summed E-state index contributed by atoms with van der Waals surface area (Å²) in [6.45, 7) is 13.0. The van der Waals surface area contributed by atoms with Crippen LogP contribution in [0.25, 0.3) is 0 Å². The fraction of sp³-hybridized carbons (Fsp3) is 0.667. The van der Waals surface area contributed by atoms with Gasteiger partial charge >= 0.3 is 0 Å². The van der Waals surface area contributed by atoms with E-state index in [9.17, 15) is 4.79 Å². The van der Waals surface area contributed by atoms with E-state index in [0.29, 0.717) is 19.6 Å². The number of aliphatic imine (C=N–C) groups is 1. The van der Waals surface area contributed by atoms with Gasteiger partial charge in [-0.25, -0.2) is 4.99 Å². The molecule has 1 saturated heterocycles. The lowest BCUT2D eigenvalue weighted by molar-refractivity contribution is -0.122. The second-order valence-electron chi connectivity index (χ2n) is 9.14. The van der Waals surface area contributed by atoms with E-state index in [2.05, 4.69) is 70.9 Å². The molecule has 6 nitrogen and oxygen atoms in total. The maximum Gasteiger partial charge on any atom is 0.223 e. The van der Waals surface area contributed by atoms with Gasteiger partial charge in [-0.15, -0.1) is 0 Å². The van der Waals surface area contributed by atoms with Crippen LogP contribution in [0, 0.1) is 17.8 Å². The summed E-state index contributed by atoms with van der Waals surface area (Å²) in [4.78, 5) is 19.0. The summed E-state index contributed by atoms with van der Waals surface area (Å²) in [6, 6.07) is 8.86. The molecule has 0 radical (unpaired) electrons. The van der Waals surface area contributed by atoms with Gasteiger partial charge in [0.2, 0.25) is 5.91 Å². The normalized spacial score (nSPS) is 22.6. The molecule has 0 aromatic heterocycles. The molecule has 1 aromatic rings. The molecule has 1 aliphatic carbocycles. The van der Waals surface area contributed by atoms with E-state index in [1.165, 1.54) is 30.6 Å². The summed E-state index contributed by atoms with van der Waals surface area (Å²) >= 11 is 0. The Morgan fingerprint density at radius 2 is 1.63 bits per heavy atom. The Labute approximate surface area is 181 Å². The van der Waals surface area contributed by atoms with Gasteiger partial charge in [-0.3, -0.25) is 9.69 Å². The van der Waals surface area contributed by atoms with Crippen LogP contribution in [0.15, 0.2) is 29.3 Å². The lowest BCUT2D eigenvalue weighted by Crippen LogP contribution is -2.41. The topological polar surface area (TPSA) is 68.8 Å². The number of benzene rings is 1. The van der Waals surface area contributed by atoms with Gasteiger partial charge in [0.15, 0.2) is 5.96 Å². The zero-order valence-electron chi connectivity index (χ0n) is 18.9. The molecule has 0 spiro atoms. The number of carbonyl (C=O) groups excluding carboxylic acids is 1. The van der Waals surface area contributed by atoms with Gasteiger partial charge in [-0.05, 0) is 49.1 Å². The number of carbonyl (C=O) groups is 1. The first kappa shape index (κ1) is 22.6. The van der Waals surface area contributed by atoms with Gasteiger partial charge < -0.3 is 16.0 Å². The molecule has 166 valence electrons. The SMILES string of the molecule is CCNC(=NCc1ccc(CN2CC(C)CC(C)C2)cc1)NCCNC(=O)C1CC1. The van der Waals surface area contributed by atoms with Crippen molar-refractivity contribution in [1.29, 1.82) is 0 Å². The molecule has 1 saturated carbocycles. The summed E-state index contributed by atoms with van der Waals surface area (Å²) < 4.78 is 0. The second kappa shape index (κ2) is 11.3. The molecule has 2 atom stereocenters. The monoisotopic (exact) mass is 413 g/mol. The van der Waals surface area contributed by atoms with E-state index in [1.807, 2.05) is 0 Å². The van der Waals surface area contributed by atoms with E-state index in [-0.39, 0.29) is 11.8 Å². The number of guanidine groups is 1. The predicted octanol–water partition coefficient (Wildman–Crippen LogP) is 2.75. The molecule has 1 amide bonds. The van der Waals surface area contributed by atoms with Crippen LogP contribution in [-0.4, -0.2) is 49.5 Å². The van der Waals surface area contributed by atoms with Crippen LogP contribution < -0.4 is 16.0 Å². The van der Waals surface area contributed by atoms with Gasteiger partial charge in [0.05, 0.1) is 6.54 Å². The van der Waals surface area contributed by atoms with Crippen molar-refractivity contribution in [2.45, 2.75) is 53.1 Å². The van der Waals surface area contributed by atoms with Crippen LogP contribution in [0.2, 0.25) is 0 Å². The molecule has 1 aromatic carbocycles. The third-order valence-corrected chi connectivity index (χ3v) is 5.80. The van der Waals surface area contributed by atoms with Gasteiger partial charge in [-0.2, -0.15) is 0 Å². The van der Waals surface area contributed by atoms with Gasteiger partial charge in [0.25, 0.3) is 0 Å². The van der Waals surface area contributed by atoms with Crippen molar-refractivity contribution in [2.75, 3.05) is 32.7 Å². The molecule has 2 aliphatic rings. The predicted molar refractivity (Wildman–Crippen MR) is 123 cm³/mol. The minimum absolute atomic E-state index is 0.187. The van der Waals surface area contributed by atoms with Crippen molar-refractivity contribution >= 4 is 11.9 Å². The molecule has 1 aliphatic heterocycles. The van der Waals surface area contributed by atoms with E-state index in [1.54, 1.807) is 0 Å². The Hall–Kier alpha value is -2.08. The van der Waals surface area contributed by atoms with Crippen LogP contribution in [0.1, 0.15) is 51.2 Å². The van der Waals surface area contributed by atoms with E-state index < -0.39 is 0 Å². The number of amides is 1. The first-order valence-electron chi connectivity index (χ1n) is 11.6. The molecular formula is C24H39N5O. The number of nitrogens with one attached hydrogen (secondary N) is 3. The number of hydrogen-bond donors (Lipinski definition) is 3. The van der Waals surface area contributed by atoms with Crippen molar-refractivity contribution in [3.8, 4) is 0 Å². The van der Waals surface area contributed by atoms with Crippen molar-refractivity contribution in [1.82, 2.24) is 20.9 Å². The first-order chi connectivity index (χ1) is 14.5. The lowest BCUT2D eigenvalue weighted by Gasteiger charge is -2.35. The van der Waals surface area contributed by atoms with Crippen LogP contribution in [-0.2, 0) is 17.9 Å². The number of rotatable bonds is 9. The van der Waals surface area contributed by atoms with Crippen LogP contribution in [0.3, 0.4) is 0 Å². The number of nitrogens with zero attached hydrogens (tertiary/aromatic N) is 2. The standard InChI is InChI=1S/C24H39N5O/c1-4-25-24(27-12-11-26-23(30)22-9-10-22)28-14-20-5-7-21(8-6-20)17-29-15-18(2)13-19(3)16-29/h5-8,18-19,22H,4,9-17H2,1-3H3,(H,26,30)(H2,25,27,28). The molecule has 2 fully saturated rings. The number of piperidine rings is 1. The smallest absolute Gasteiger partial charge is 0.223 e. The van der Waals surface area contributed by atoms with Gasteiger partial charge in [0.1, 0.15) is 0 Å². The molecule has 3 N–H and O–H groups in total. The van der Waals surface area contributed by atoms with Gasteiger partial charge in [0, 0.05) is 45.2 Å². The molecule has 6 heteroatoms. The van der Waals surface area contributed by atoms with Crippen molar-refractivity contribution in [3.63, 3.8) is 0 Å². The highest BCUT2D eigenvalue weighted by atomic mass is 16.2. The van der Waals surface area contributed by atoms with E-state index in [4.69, 9.17) is 0 Å². The average Bonchev–Trinajstić information content (AvgIpc) is 3.55. The number of likely N-dealkylation sites (tertiary alicyclic amines) is 1. The quantitative estimate of drug-likeness (QED) is 0.331. The fourth-order valence-electron chi connectivity index (χ4n) is 4.30. The average molecular weight is 414 g/mol. The highest BCUT2D eigenvalue weighted by molar-refractivity contribution is 5.81. The molecule has 2 unspecified atom stereocenters. The highest BCUT2D eigenvalue weighted by Crippen LogP contribution is 2.28. The molecule has 30 heavy (non-hydrogen) atoms. The molecule has 3 rings (SSSR count). The summed E-state index contributed by atoms with van der Waals surface area (Å²) in [5.41, 5.74) is 2.58. The van der Waals surface area contributed by atoms with E-state index in [0.717, 1.165) is 43.7 Å². The largest absolute Gasteiger partial charge is 0.357 e. The lowest BCUT2D eigenvalue weighted by atomic mass is 9.91. The van der Waals surface area contributed by atoms with Crippen LogP contribution in [0.4, 0.5) is 0 Å². The minimum atomic E-state index is 0.187. The van der Waals surface area contributed by atoms with Crippen LogP contribution >= 0.6 is 0 Å². The Morgan fingerprint density at radius 3 is 2.27 bits per heavy atom. The van der Waals surface area contributed by atoms with Gasteiger partial charge in [-0.1, -0.05) is 38.1 Å². The Balaban J connectivity index is 1.43. The second-order valence-corrected chi connectivity index (χ2v) is 9.14. The number of hydrogen-bond acceptors (Lipinski definition) is 3. The van der Waals surface area contributed by atoms with Crippen molar-refractivity contribution in [2.24, 2.45) is 22.7 Å².